The van der Waals surface area contributed by atoms with Gasteiger partial charge >= 0.3 is 6.61 Å². The molecule has 0 saturated heterocycles. The maximum atomic E-state index is 12.2. The van der Waals surface area contributed by atoms with Crippen molar-refractivity contribution in [3.8, 4) is 11.5 Å². The zero-order chi connectivity index (χ0) is 13.0. The number of carbonyl (C=O) groups excluding carboxylic acids is 1. The molecular weight excluding hydrogens is 298 g/mol. The molecule has 1 aromatic rings. The van der Waals surface area contributed by atoms with E-state index in [0.717, 1.165) is 0 Å². The number of rotatable bonds is 5. The number of Topliss-reactive ketones (excluding diaryl/α,β-unsaturated/α-hetero) is 1. The highest BCUT2D eigenvalue weighted by Crippen LogP contribution is 2.28. The Bertz CT molecular complexity index is 408. The van der Waals surface area contributed by atoms with Crippen LogP contribution in [0.2, 0.25) is 0 Å². The molecule has 3 nitrogen and oxygen atoms in total. The van der Waals surface area contributed by atoms with E-state index in [1.165, 1.54) is 25.3 Å². The molecule has 0 aliphatic carbocycles. The number of methoxy groups -OCH3 is 1. The lowest BCUT2D eigenvalue weighted by atomic mass is 10.1. The Balaban J connectivity index is 3.14. The van der Waals surface area contributed by atoms with Crippen molar-refractivity contribution < 1.29 is 23.0 Å². The van der Waals surface area contributed by atoms with Crippen LogP contribution in [-0.4, -0.2) is 24.3 Å². The Hall–Kier alpha value is -1.17. The lowest BCUT2D eigenvalue weighted by Gasteiger charge is -2.12. The van der Waals surface area contributed by atoms with Crippen molar-refractivity contribution in [1.29, 1.82) is 0 Å². The molecule has 0 bridgehead atoms. The smallest absolute Gasteiger partial charge is 0.387 e. The van der Waals surface area contributed by atoms with Crippen molar-refractivity contribution in [2.45, 2.75) is 18.4 Å². The van der Waals surface area contributed by atoms with E-state index in [4.69, 9.17) is 4.74 Å². The summed E-state index contributed by atoms with van der Waals surface area (Å²) in [5.41, 5.74) is 0.0930. The summed E-state index contributed by atoms with van der Waals surface area (Å²) in [7, 11) is 1.40. The van der Waals surface area contributed by atoms with Crippen LogP contribution < -0.4 is 9.47 Å². The van der Waals surface area contributed by atoms with Gasteiger partial charge < -0.3 is 9.47 Å². The molecule has 1 rings (SSSR count). The summed E-state index contributed by atoms with van der Waals surface area (Å²) in [5.74, 6) is -0.168. The monoisotopic (exact) mass is 308 g/mol. The second kappa shape index (κ2) is 5.95. The van der Waals surface area contributed by atoms with E-state index >= 15 is 0 Å². The van der Waals surface area contributed by atoms with Gasteiger partial charge in [0.2, 0.25) is 0 Å². The van der Waals surface area contributed by atoms with Crippen LogP contribution in [-0.2, 0) is 0 Å². The second-order valence-corrected chi connectivity index (χ2v) is 4.59. The first-order valence-corrected chi connectivity index (χ1v) is 5.68. The van der Waals surface area contributed by atoms with E-state index in [1.807, 2.05) is 0 Å². The Labute approximate surface area is 106 Å². The zero-order valence-corrected chi connectivity index (χ0v) is 10.8. The highest BCUT2D eigenvalue weighted by atomic mass is 79.9. The van der Waals surface area contributed by atoms with Crippen LogP contribution in [0.4, 0.5) is 8.78 Å². The molecule has 0 aliphatic rings. The van der Waals surface area contributed by atoms with Crippen molar-refractivity contribution in [2.24, 2.45) is 0 Å². The van der Waals surface area contributed by atoms with Gasteiger partial charge in [0, 0.05) is 6.07 Å². The first kappa shape index (κ1) is 13.9. The summed E-state index contributed by atoms with van der Waals surface area (Å²) >= 11 is 3.09. The first-order chi connectivity index (χ1) is 7.95. The fourth-order valence-corrected chi connectivity index (χ4v) is 1.49. The summed E-state index contributed by atoms with van der Waals surface area (Å²) in [6, 6.07) is 4.17. The average Bonchev–Trinajstić information content (AvgIpc) is 2.27. The molecule has 0 fully saturated rings. The second-order valence-electron chi connectivity index (χ2n) is 3.22. The fraction of sp³-hybridized carbons (Fsp3) is 0.364. The minimum absolute atomic E-state index is 0.0930. The molecule has 0 saturated carbocycles. The molecule has 6 heteroatoms. The molecule has 0 spiro atoms. The van der Waals surface area contributed by atoms with Gasteiger partial charge in [0.1, 0.15) is 11.5 Å². The molecule has 1 aromatic carbocycles. The van der Waals surface area contributed by atoms with Crippen molar-refractivity contribution in [2.75, 3.05) is 7.11 Å². The minimum atomic E-state index is -2.99. The lowest BCUT2D eigenvalue weighted by molar-refractivity contribution is -0.0502. The van der Waals surface area contributed by atoms with E-state index in [0.29, 0.717) is 5.75 Å². The van der Waals surface area contributed by atoms with E-state index in [9.17, 15) is 13.6 Å². The van der Waals surface area contributed by atoms with Gasteiger partial charge in [-0.2, -0.15) is 8.78 Å². The highest BCUT2D eigenvalue weighted by molar-refractivity contribution is 9.10. The van der Waals surface area contributed by atoms with Gasteiger partial charge in [-0.1, -0.05) is 15.9 Å². The number of halogens is 3. The van der Waals surface area contributed by atoms with Crippen molar-refractivity contribution in [1.82, 2.24) is 0 Å². The Morgan fingerprint density at radius 1 is 1.41 bits per heavy atom. The van der Waals surface area contributed by atoms with Gasteiger partial charge in [0.25, 0.3) is 0 Å². The maximum absolute atomic E-state index is 12.2. The predicted octanol–water partition coefficient (Wildman–Crippen LogP) is 3.26. The molecule has 1 unspecified atom stereocenters. The molecule has 0 aromatic heterocycles. The molecular formula is C11H11BrF2O3. The lowest BCUT2D eigenvalue weighted by Crippen LogP contribution is -2.13. The Morgan fingerprint density at radius 2 is 2.06 bits per heavy atom. The topological polar surface area (TPSA) is 35.5 Å². The number of ether oxygens (including phenoxy) is 2. The van der Waals surface area contributed by atoms with Crippen molar-refractivity contribution in [3.63, 3.8) is 0 Å². The summed E-state index contributed by atoms with van der Waals surface area (Å²) in [4.78, 5) is 11.3. The third-order valence-corrected chi connectivity index (χ3v) is 2.45. The summed E-state index contributed by atoms with van der Waals surface area (Å²) in [6.45, 7) is -1.38. The Morgan fingerprint density at radius 3 is 2.53 bits per heavy atom. The molecule has 0 N–H and O–H groups in total. The van der Waals surface area contributed by atoms with Crippen LogP contribution in [0.5, 0.6) is 11.5 Å². The van der Waals surface area contributed by atoms with E-state index in [1.54, 1.807) is 6.92 Å². The Kier molecular flexibility index (Phi) is 4.86. The number of ketones is 1. The number of alkyl halides is 3. The van der Waals surface area contributed by atoms with Gasteiger partial charge in [-0.25, -0.2) is 0 Å². The third-order valence-electron chi connectivity index (χ3n) is 2.03. The van der Waals surface area contributed by atoms with Gasteiger partial charge in [0.05, 0.1) is 17.5 Å². The van der Waals surface area contributed by atoms with Gasteiger partial charge in [-0.3, -0.25) is 4.79 Å². The molecule has 0 heterocycles. The normalized spacial score (nSPS) is 12.4. The molecule has 1 atom stereocenters. The summed E-state index contributed by atoms with van der Waals surface area (Å²) < 4.78 is 33.6. The summed E-state index contributed by atoms with van der Waals surface area (Å²) in [5, 5.41) is 0. The van der Waals surface area contributed by atoms with Crippen LogP contribution in [0.15, 0.2) is 18.2 Å². The van der Waals surface area contributed by atoms with Gasteiger partial charge in [-0.05, 0) is 19.1 Å². The van der Waals surface area contributed by atoms with Crippen LogP contribution in [0.25, 0.3) is 0 Å². The number of carbonyl (C=O) groups is 1. The SMILES string of the molecule is COc1ccc(C(=O)C(C)Br)c(OC(F)F)c1. The zero-order valence-electron chi connectivity index (χ0n) is 9.25. The van der Waals surface area contributed by atoms with Crippen LogP contribution in [0.1, 0.15) is 17.3 Å². The quantitative estimate of drug-likeness (QED) is 0.618. The maximum Gasteiger partial charge on any atom is 0.387 e. The highest BCUT2D eigenvalue weighted by Gasteiger charge is 2.19. The number of hydrogen-bond donors (Lipinski definition) is 0. The van der Waals surface area contributed by atoms with Crippen LogP contribution in [0, 0.1) is 0 Å². The third kappa shape index (κ3) is 3.66. The number of benzene rings is 1. The predicted molar refractivity (Wildman–Crippen MR) is 62.3 cm³/mol. The van der Waals surface area contributed by atoms with Crippen LogP contribution in [0.3, 0.4) is 0 Å². The average molecular weight is 309 g/mol. The minimum Gasteiger partial charge on any atom is -0.497 e. The molecule has 0 aliphatic heterocycles. The van der Waals surface area contributed by atoms with E-state index < -0.39 is 11.4 Å². The largest absolute Gasteiger partial charge is 0.497 e. The van der Waals surface area contributed by atoms with Gasteiger partial charge in [-0.15, -0.1) is 0 Å². The first-order valence-electron chi connectivity index (χ1n) is 4.77. The van der Waals surface area contributed by atoms with Crippen molar-refractivity contribution >= 4 is 21.7 Å². The fourth-order valence-electron chi connectivity index (χ4n) is 1.24. The molecule has 0 amide bonds. The summed E-state index contributed by atoms with van der Waals surface area (Å²) in [6.07, 6.45) is 0. The van der Waals surface area contributed by atoms with E-state index in [2.05, 4.69) is 20.7 Å². The van der Waals surface area contributed by atoms with Crippen molar-refractivity contribution in [3.05, 3.63) is 23.8 Å². The van der Waals surface area contributed by atoms with Crippen LogP contribution >= 0.6 is 15.9 Å². The molecule has 17 heavy (non-hydrogen) atoms. The van der Waals surface area contributed by atoms with Gasteiger partial charge in [0.15, 0.2) is 5.78 Å². The van der Waals surface area contributed by atoms with E-state index in [-0.39, 0.29) is 17.1 Å². The molecule has 0 radical (unpaired) electrons. The number of hydrogen-bond acceptors (Lipinski definition) is 3. The standard InChI is InChI=1S/C11H11BrF2O3/c1-6(12)10(15)8-4-3-7(16-2)5-9(8)17-11(13)14/h3-6,11H,1-2H3. The molecule has 94 valence electrons.